The maximum atomic E-state index is 12.0. The van der Waals surface area contributed by atoms with Gasteiger partial charge in [0.25, 0.3) is 0 Å². The van der Waals surface area contributed by atoms with E-state index in [1.807, 2.05) is 13.0 Å². The van der Waals surface area contributed by atoms with Gasteiger partial charge in [-0.2, -0.15) is 5.10 Å². The van der Waals surface area contributed by atoms with Crippen LogP contribution in [0.15, 0.2) is 48.9 Å². The Morgan fingerprint density at radius 2 is 2.22 bits per heavy atom. The number of rotatable bonds is 5. The van der Waals surface area contributed by atoms with Gasteiger partial charge in [0, 0.05) is 29.8 Å². The van der Waals surface area contributed by atoms with Crippen molar-refractivity contribution in [3.8, 4) is 11.6 Å². The number of aromatic nitrogens is 4. The number of nitrogens with one attached hydrogen (secondary N) is 2. The number of nitrogens with zero attached hydrogens (tertiary/aromatic N) is 3. The Morgan fingerprint density at radius 1 is 1.30 bits per heavy atom. The molecular weight excluding hydrogens is 294 g/mol. The maximum absolute atomic E-state index is 12.0. The van der Waals surface area contributed by atoms with Crippen LogP contribution in [-0.2, 0) is 11.2 Å². The number of carbonyl (C=O) groups excluding carboxylic acids is 1. The van der Waals surface area contributed by atoms with E-state index in [1.165, 1.54) is 6.20 Å². The topological polar surface area (TPSA) is 92.8 Å². The molecule has 2 heterocycles. The molecule has 1 aromatic carbocycles. The first-order valence-electron chi connectivity index (χ1n) is 7.04. The number of hydrogen-bond acceptors (Lipinski definition) is 5. The molecule has 0 radical (unpaired) electrons. The number of ether oxygens (including phenoxy) is 1. The predicted octanol–water partition coefficient (Wildman–Crippen LogP) is 2.48. The molecule has 2 aromatic heterocycles. The highest BCUT2D eigenvalue weighted by Gasteiger charge is 2.08. The summed E-state index contributed by atoms with van der Waals surface area (Å²) in [6.07, 6.45) is 4.85. The number of aromatic amines is 1. The second kappa shape index (κ2) is 6.69. The van der Waals surface area contributed by atoms with Crippen molar-refractivity contribution in [1.29, 1.82) is 0 Å². The summed E-state index contributed by atoms with van der Waals surface area (Å²) < 4.78 is 5.58. The van der Waals surface area contributed by atoms with Crippen LogP contribution in [0, 0.1) is 6.92 Å². The average Bonchev–Trinajstić information content (AvgIpc) is 2.93. The normalized spacial score (nSPS) is 10.3. The SMILES string of the molecule is Cc1cc(CC(=O)Nc2cccc(Oc3cnccn3)c2)n[nH]1. The summed E-state index contributed by atoms with van der Waals surface area (Å²) in [6, 6.07) is 8.92. The standard InChI is InChI=1S/C16H15N5O2/c1-11-7-13(21-20-11)9-15(22)19-12-3-2-4-14(8-12)23-16-10-17-5-6-18-16/h2-8,10H,9H2,1H3,(H,19,22)(H,20,21). The van der Waals surface area contributed by atoms with E-state index in [9.17, 15) is 4.79 Å². The number of carbonyl (C=O) groups is 1. The number of H-pyrrole nitrogens is 1. The molecule has 0 aliphatic rings. The third-order valence-electron chi connectivity index (χ3n) is 2.98. The fraction of sp³-hybridized carbons (Fsp3) is 0.125. The van der Waals surface area contributed by atoms with E-state index >= 15 is 0 Å². The summed E-state index contributed by atoms with van der Waals surface area (Å²) in [7, 11) is 0. The zero-order valence-corrected chi connectivity index (χ0v) is 12.5. The highest BCUT2D eigenvalue weighted by molar-refractivity contribution is 5.92. The number of benzene rings is 1. The van der Waals surface area contributed by atoms with Crippen LogP contribution in [0.5, 0.6) is 11.6 Å². The molecule has 7 heteroatoms. The molecule has 1 amide bonds. The van der Waals surface area contributed by atoms with Gasteiger partial charge in [-0.1, -0.05) is 6.07 Å². The third-order valence-corrected chi connectivity index (χ3v) is 2.98. The van der Waals surface area contributed by atoms with Gasteiger partial charge in [-0.3, -0.25) is 14.9 Å². The molecule has 2 N–H and O–H groups in total. The highest BCUT2D eigenvalue weighted by Crippen LogP contribution is 2.22. The van der Waals surface area contributed by atoms with Gasteiger partial charge in [0.2, 0.25) is 11.8 Å². The molecule has 0 aliphatic carbocycles. The largest absolute Gasteiger partial charge is 0.437 e. The zero-order valence-electron chi connectivity index (χ0n) is 12.5. The average molecular weight is 309 g/mol. The second-order valence-corrected chi connectivity index (χ2v) is 4.94. The van der Waals surface area contributed by atoms with E-state index in [1.54, 1.807) is 36.7 Å². The Balaban J connectivity index is 1.64. The monoisotopic (exact) mass is 309 g/mol. The first-order chi connectivity index (χ1) is 11.2. The molecular formula is C16H15N5O2. The molecule has 0 saturated carbocycles. The van der Waals surface area contributed by atoms with Crippen LogP contribution in [0.4, 0.5) is 5.69 Å². The highest BCUT2D eigenvalue weighted by atomic mass is 16.5. The fourth-order valence-corrected chi connectivity index (χ4v) is 2.03. The van der Waals surface area contributed by atoms with Crippen LogP contribution in [0.3, 0.4) is 0 Å². The summed E-state index contributed by atoms with van der Waals surface area (Å²) in [5, 5.41) is 9.67. The Morgan fingerprint density at radius 3 is 2.96 bits per heavy atom. The van der Waals surface area contributed by atoms with Crippen molar-refractivity contribution < 1.29 is 9.53 Å². The fourth-order valence-electron chi connectivity index (χ4n) is 2.03. The first-order valence-corrected chi connectivity index (χ1v) is 7.04. The van der Waals surface area contributed by atoms with Crippen LogP contribution in [0.2, 0.25) is 0 Å². The maximum Gasteiger partial charge on any atom is 0.237 e. The van der Waals surface area contributed by atoms with E-state index in [0.29, 0.717) is 23.0 Å². The lowest BCUT2D eigenvalue weighted by Gasteiger charge is -2.07. The van der Waals surface area contributed by atoms with Crippen LogP contribution < -0.4 is 10.1 Å². The number of aryl methyl sites for hydroxylation is 1. The Bertz CT molecular complexity index is 801. The number of hydrogen-bond donors (Lipinski definition) is 2. The summed E-state index contributed by atoms with van der Waals surface area (Å²) in [5.41, 5.74) is 2.27. The Labute approximate surface area is 132 Å². The van der Waals surface area contributed by atoms with Crippen LogP contribution in [-0.4, -0.2) is 26.1 Å². The van der Waals surface area contributed by atoms with E-state index in [2.05, 4.69) is 25.5 Å². The minimum absolute atomic E-state index is 0.145. The van der Waals surface area contributed by atoms with Crippen LogP contribution in [0.25, 0.3) is 0 Å². The lowest BCUT2D eigenvalue weighted by atomic mass is 10.2. The first kappa shape index (κ1) is 14.7. The van der Waals surface area contributed by atoms with Crippen LogP contribution in [0.1, 0.15) is 11.4 Å². The van der Waals surface area contributed by atoms with Crippen LogP contribution >= 0.6 is 0 Å². The molecule has 0 spiro atoms. The van der Waals surface area contributed by atoms with E-state index in [-0.39, 0.29) is 12.3 Å². The van der Waals surface area contributed by atoms with Crippen molar-refractivity contribution >= 4 is 11.6 Å². The molecule has 3 rings (SSSR count). The van der Waals surface area contributed by atoms with Crippen molar-refractivity contribution in [2.45, 2.75) is 13.3 Å². The summed E-state index contributed by atoms with van der Waals surface area (Å²) >= 11 is 0. The van der Waals surface area contributed by atoms with E-state index in [4.69, 9.17) is 4.74 Å². The van der Waals surface area contributed by atoms with Gasteiger partial charge in [-0.25, -0.2) is 4.98 Å². The zero-order chi connectivity index (χ0) is 16.1. The number of anilines is 1. The van der Waals surface area contributed by atoms with Gasteiger partial charge >= 0.3 is 0 Å². The Hall–Kier alpha value is -3.22. The molecule has 0 bridgehead atoms. The van der Waals surface area contributed by atoms with Crippen molar-refractivity contribution in [3.05, 3.63) is 60.3 Å². The molecule has 0 fully saturated rings. The predicted molar refractivity (Wildman–Crippen MR) is 84.2 cm³/mol. The lowest BCUT2D eigenvalue weighted by Crippen LogP contribution is -2.14. The van der Waals surface area contributed by atoms with Crippen molar-refractivity contribution in [2.24, 2.45) is 0 Å². The quantitative estimate of drug-likeness (QED) is 0.755. The molecule has 23 heavy (non-hydrogen) atoms. The van der Waals surface area contributed by atoms with Gasteiger partial charge in [-0.05, 0) is 25.1 Å². The lowest BCUT2D eigenvalue weighted by molar-refractivity contribution is -0.115. The van der Waals surface area contributed by atoms with Gasteiger partial charge in [-0.15, -0.1) is 0 Å². The minimum Gasteiger partial charge on any atom is -0.437 e. The smallest absolute Gasteiger partial charge is 0.237 e. The Kier molecular flexibility index (Phi) is 4.28. The van der Waals surface area contributed by atoms with Crippen molar-refractivity contribution in [2.75, 3.05) is 5.32 Å². The molecule has 0 aliphatic heterocycles. The van der Waals surface area contributed by atoms with E-state index < -0.39 is 0 Å². The van der Waals surface area contributed by atoms with Gasteiger partial charge in [0.05, 0.1) is 18.3 Å². The summed E-state index contributed by atoms with van der Waals surface area (Å²) in [4.78, 5) is 20.0. The summed E-state index contributed by atoms with van der Waals surface area (Å²) in [5.74, 6) is 0.815. The molecule has 3 aromatic rings. The second-order valence-electron chi connectivity index (χ2n) is 4.94. The molecule has 0 atom stereocenters. The van der Waals surface area contributed by atoms with Gasteiger partial charge in [0.1, 0.15) is 5.75 Å². The molecule has 7 nitrogen and oxygen atoms in total. The van der Waals surface area contributed by atoms with Crippen molar-refractivity contribution in [1.82, 2.24) is 20.2 Å². The third kappa shape index (κ3) is 4.13. The molecule has 0 unspecified atom stereocenters. The van der Waals surface area contributed by atoms with E-state index in [0.717, 1.165) is 5.69 Å². The van der Waals surface area contributed by atoms with Crippen molar-refractivity contribution in [3.63, 3.8) is 0 Å². The van der Waals surface area contributed by atoms with Gasteiger partial charge < -0.3 is 10.1 Å². The number of amides is 1. The molecule has 0 saturated heterocycles. The summed E-state index contributed by atoms with van der Waals surface area (Å²) in [6.45, 7) is 1.89. The molecule has 116 valence electrons. The minimum atomic E-state index is -0.145. The van der Waals surface area contributed by atoms with Gasteiger partial charge in [0.15, 0.2) is 0 Å².